The Morgan fingerprint density at radius 3 is 3.19 bits per heavy atom. The third kappa shape index (κ3) is 2.48. The summed E-state index contributed by atoms with van der Waals surface area (Å²) in [6, 6.07) is 2.03. The van der Waals surface area contributed by atoms with Gasteiger partial charge in [-0.3, -0.25) is 0 Å². The van der Waals surface area contributed by atoms with E-state index in [1.54, 1.807) is 17.7 Å². The lowest BCUT2D eigenvalue weighted by Crippen LogP contribution is -2.13. The third-order valence-electron chi connectivity index (χ3n) is 2.50. The summed E-state index contributed by atoms with van der Waals surface area (Å²) in [6.07, 6.45) is 2.39. The number of anilines is 1. The number of hydrogen-bond acceptors (Lipinski definition) is 5. The van der Waals surface area contributed by atoms with E-state index >= 15 is 0 Å². The predicted molar refractivity (Wildman–Crippen MR) is 66.8 cm³/mol. The monoisotopic (exact) mass is 237 g/mol. The van der Waals surface area contributed by atoms with Gasteiger partial charge < -0.3 is 10.4 Å². The highest BCUT2D eigenvalue weighted by Crippen LogP contribution is 2.23. The van der Waals surface area contributed by atoms with E-state index < -0.39 is 0 Å². The van der Waals surface area contributed by atoms with Crippen molar-refractivity contribution in [2.75, 3.05) is 18.5 Å². The van der Waals surface area contributed by atoms with Crippen molar-refractivity contribution in [3.05, 3.63) is 17.8 Å². The zero-order valence-electron chi connectivity index (χ0n) is 9.18. The number of nitrogens with one attached hydrogen (secondary N) is 1. The highest BCUT2D eigenvalue weighted by Gasteiger charge is 2.06. The summed E-state index contributed by atoms with van der Waals surface area (Å²) >= 11 is 1.61. The molecule has 0 amide bonds. The first-order chi connectivity index (χ1) is 7.81. The van der Waals surface area contributed by atoms with E-state index in [1.165, 1.54) is 0 Å². The van der Waals surface area contributed by atoms with E-state index in [2.05, 4.69) is 22.2 Å². The zero-order chi connectivity index (χ0) is 11.4. The molecule has 2 aromatic heterocycles. The Kier molecular flexibility index (Phi) is 3.69. The van der Waals surface area contributed by atoms with Crippen molar-refractivity contribution >= 4 is 27.4 Å². The molecule has 2 aromatic rings. The van der Waals surface area contributed by atoms with Crippen molar-refractivity contribution in [2.24, 2.45) is 5.92 Å². The van der Waals surface area contributed by atoms with E-state index in [-0.39, 0.29) is 6.61 Å². The first-order valence-electron chi connectivity index (χ1n) is 5.34. The topological polar surface area (TPSA) is 58.0 Å². The van der Waals surface area contributed by atoms with Crippen LogP contribution < -0.4 is 5.32 Å². The molecule has 0 fully saturated rings. The maximum atomic E-state index is 8.82. The molecule has 0 radical (unpaired) electrons. The SMILES string of the molecule is CC(CCO)CNc1ncnc2sccc12. The van der Waals surface area contributed by atoms with Crippen LogP contribution in [-0.4, -0.2) is 28.2 Å². The molecule has 0 spiro atoms. The van der Waals surface area contributed by atoms with Crippen LogP contribution in [0.1, 0.15) is 13.3 Å². The van der Waals surface area contributed by atoms with Crippen LogP contribution in [-0.2, 0) is 0 Å². The first-order valence-corrected chi connectivity index (χ1v) is 6.22. The van der Waals surface area contributed by atoms with Gasteiger partial charge in [-0.15, -0.1) is 11.3 Å². The number of fused-ring (bicyclic) bond motifs is 1. The molecule has 5 heteroatoms. The lowest BCUT2D eigenvalue weighted by molar-refractivity contribution is 0.266. The zero-order valence-corrected chi connectivity index (χ0v) is 10.00. The van der Waals surface area contributed by atoms with Crippen LogP contribution in [0.4, 0.5) is 5.82 Å². The van der Waals surface area contributed by atoms with Gasteiger partial charge in [-0.2, -0.15) is 0 Å². The molecule has 2 rings (SSSR count). The molecule has 0 aliphatic heterocycles. The molecular weight excluding hydrogens is 222 g/mol. The smallest absolute Gasteiger partial charge is 0.138 e. The molecule has 0 aliphatic carbocycles. The lowest BCUT2D eigenvalue weighted by atomic mass is 10.1. The number of aliphatic hydroxyl groups is 1. The molecule has 1 atom stereocenters. The van der Waals surface area contributed by atoms with Crippen molar-refractivity contribution < 1.29 is 5.11 Å². The molecule has 4 nitrogen and oxygen atoms in total. The van der Waals surface area contributed by atoms with Gasteiger partial charge in [0, 0.05) is 13.2 Å². The Morgan fingerprint density at radius 2 is 2.38 bits per heavy atom. The average Bonchev–Trinajstić information content (AvgIpc) is 2.75. The predicted octanol–water partition coefficient (Wildman–Crippen LogP) is 2.12. The Hall–Kier alpha value is -1.20. The Bertz CT molecular complexity index is 457. The lowest BCUT2D eigenvalue weighted by Gasteiger charge is -2.11. The molecule has 0 aromatic carbocycles. The number of rotatable bonds is 5. The second kappa shape index (κ2) is 5.23. The van der Waals surface area contributed by atoms with Crippen molar-refractivity contribution in [3.63, 3.8) is 0 Å². The molecule has 86 valence electrons. The second-order valence-corrected chi connectivity index (χ2v) is 4.75. The van der Waals surface area contributed by atoms with Crippen LogP contribution in [0.25, 0.3) is 10.2 Å². The van der Waals surface area contributed by atoms with E-state index in [0.717, 1.165) is 29.0 Å². The number of hydrogen-bond donors (Lipinski definition) is 2. The van der Waals surface area contributed by atoms with Gasteiger partial charge in [-0.25, -0.2) is 9.97 Å². The van der Waals surface area contributed by atoms with Crippen LogP contribution in [0.5, 0.6) is 0 Å². The average molecular weight is 237 g/mol. The second-order valence-electron chi connectivity index (χ2n) is 3.86. The molecule has 2 N–H and O–H groups in total. The largest absolute Gasteiger partial charge is 0.396 e. The summed E-state index contributed by atoms with van der Waals surface area (Å²) in [5, 5.41) is 15.2. The Morgan fingerprint density at radius 1 is 1.50 bits per heavy atom. The summed E-state index contributed by atoms with van der Waals surface area (Å²) in [5.74, 6) is 1.32. The maximum absolute atomic E-state index is 8.82. The standard InChI is InChI=1S/C11H15N3OS/c1-8(2-4-15)6-12-10-9-3-5-16-11(9)14-7-13-10/h3,5,7-8,15H,2,4,6H2,1H3,(H,12,13,14). The number of aliphatic hydroxyl groups excluding tert-OH is 1. The molecule has 0 aliphatic rings. The summed E-state index contributed by atoms with van der Waals surface area (Å²) in [5.41, 5.74) is 0. The quantitative estimate of drug-likeness (QED) is 0.836. The van der Waals surface area contributed by atoms with Crippen LogP contribution in [0.2, 0.25) is 0 Å². The molecular formula is C11H15N3OS. The van der Waals surface area contributed by atoms with Crippen LogP contribution >= 0.6 is 11.3 Å². The van der Waals surface area contributed by atoms with Crippen LogP contribution in [0.3, 0.4) is 0 Å². The van der Waals surface area contributed by atoms with Gasteiger partial charge in [0.1, 0.15) is 17.0 Å². The summed E-state index contributed by atoms with van der Waals surface area (Å²) in [7, 11) is 0. The third-order valence-corrected chi connectivity index (χ3v) is 3.32. The van der Waals surface area contributed by atoms with Crippen LogP contribution in [0, 0.1) is 5.92 Å². The summed E-state index contributed by atoms with van der Waals surface area (Å²) in [4.78, 5) is 9.43. The molecule has 0 saturated heterocycles. The minimum absolute atomic E-state index is 0.237. The Labute approximate surface area is 98.4 Å². The van der Waals surface area contributed by atoms with E-state index in [9.17, 15) is 0 Å². The molecule has 1 unspecified atom stereocenters. The molecule has 0 bridgehead atoms. The van der Waals surface area contributed by atoms with Gasteiger partial charge in [-0.05, 0) is 23.8 Å². The van der Waals surface area contributed by atoms with Crippen molar-refractivity contribution in [2.45, 2.75) is 13.3 Å². The fraction of sp³-hybridized carbons (Fsp3) is 0.455. The number of aromatic nitrogens is 2. The van der Waals surface area contributed by atoms with Gasteiger partial charge in [0.2, 0.25) is 0 Å². The van der Waals surface area contributed by atoms with Gasteiger partial charge in [0.05, 0.1) is 5.39 Å². The van der Waals surface area contributed by atoms with Crippen molar-refractivity contribution in [1.82, 2.24) is 9.97 Å². The number of thiophene rings is 1. The summed E-state index contributed by atoms with van der Waals surface area (Å²) in [6.45, 7) is 3.16. The fourth-order valence-corrected chi connectivity index (χ4v) is 2.26. The molecule has 2 heterocycles. The highest BCUT2D eigenvalue weighted by atomic mass is 32.1. The van der Waals surface area contributed by atoms with Gasteiger partial charge in [0.15, 0.2) is 0 Å². The van der Waals surface area contributed by atoms with Crippen molar-refractivity contribution in [3.8, 4) is 0 Å². The van der Waals surface area contributed by atoms with Gasteiger partial charge in [0.25, 0.3) is 0 Å². The molecule has 16 heavy (non-hydrogen) atoms. The van der Waals surface area contributed by atoms with Crippen LogP contribution in [0.15, 0.2) is 17.8 Å². The Balaban J connectivity index is 2.06. The molecule has 0 saturated carbocycles. The van der Waals surface area contributed by atoms with Gasteiger partial charge in [-0.1, -0.05) is 6.92 Å². The fourth-order valence-electron chi connectivity index (χ4n) is 1.52. The number of nitrogens with zero attached hydrogens (tertiary/aromatic N) is 2. The van der Waals surface area contributed by atoms with Gasteiger partial charge >= 0.3 is 0 Å². The minimum atomic E-state index is 0.237. The highest BCUT2D eigenvalue weighted by molar-refractivity contribution is 7.16. The first kappa shape index (κ1) is 11.3. The normalized spacial score (nSPS) is 12.9. The van der Waals surface area contributed by atoms with E-state index in [0.29, 0.717) is 5.92 Å². The van der Waals surface area contributed by atoms with Crippen molar-refractivity contribution in [1.29, 1.82) is 0 Å². The minimum Gasteiger partial charge on any atom is -0.396 e. The van der Waals surface area contributed by atoms with E-state index in [4.69, 9.17) is 5.11 Å². The summed E-state index contributed by atoms with van der Waals surface area (Å²) < 4.78 is 0. The van der Waals surface area contributed by atoms with E-state index in [1.807, 2.05) is 11.4 Å². The maximum Gasteiger partial charge on any atom is 0.138 e.